The van der Waals surface area contributed by atoms with E-state index in [1.807, 2.05) is 18.2 Å². The molecule has 0 radical (unpaired) electrons. The Bertz CT molecular complexity index is 659. The van der Waals surface area contributed by atoms with Gasteiger partial charge in [-0.2, -0.15) is 0 Å². The van der Waals surface area contributed by atoms with Crippen LogP contribution in [0.25, 0.3) is 0 Å². The van der Waals surface area contributed by atoms with Crippen molar-refractivity contribution in [2.75, 3.05) is 11.9 Å². The van der Waals surface area contributed by atoms with E-state index < -0.39 is 12.1 Å². The fourth-order valence-electron chi connectivity index (χ4n) is 1.90. The zero-order chi connectivity index (χ0) is 16.7. The van der Waals surface area contributed by atoms with Crippen molar-refractivity contribution < 1.29 is 14.3 Å². The van der Waals surface area contributed by atoms with Gasteiger partial charge in [-0.05, 0) is 43.3 Å². The number of anilines is 1. The highest BCUT2D eigenvalue weighted by molar-refractivity contribution is 9.10. The van der Waals surface area contributed by atoms with Crippen molar-refractivity contribution in [2.24, 2.45) is 0 Å². The van der Waals surface area contributed by atoms with E-state index in [2.05, 4.69) is 26.6 Å². The first kappa shape index (κ1) is 17.0. The smallest absolute Gasteiger partial charge is 0.349 e. The molecule has 23 heavy (non-hydrogen) atoms. The fourth-order valence-corrected chi connectivity index (χ4v) is 2.16. The summed E-state index contributed by atoms with van der Waals surface area (Å²) in [5.74, 6) is -0.895. The van der Waals surface area contributed by atoms with Gasteiger partial charge in [0.15, 0.2) is 6.17 Å². The summed E-state index contributed by atoms with van der Waals surface area (Å²) >= 11 is 3.35. The predicted octanol–water partition coefficient (Wildman–Crippen LogP) is 3.18. The number of halogens is 1. The van der Waals surface area contributed by atoms with E-state index >= 15 is 0 Å². The Morgan fingerprint density at radius 1 is 1.09 bits per heavy atom. The number of ether oxygens (including phenoxy) is 1. The number of benzene rings is 2. The van der Waals surface area contributed by atoms with Crippen LogP contribution in [-0.4, -0.2) is 24.6 Å². The van der Waals surface area contributed by atoms with Crippen molar-refractivity contribution in [1.82, 2.24) is 5.32 Å². The van der Waals surface area contributed by atoms with Crippen molar-refractivity contribution in [2.45, 2.75) is 13.1 Å². The van der Waals surface area contributed by atoms with E-state index in [0.717, 1.165) is 4.47 Å². The molecule has 1 amide bonds. The average Bonchev–Trinajstić information content (AvgIpc) is 2.57. The lowest BCUT2D eigenvalue weighted by Crippen LogP contribution is -2.47. The molecule has 0 bridgehead atoms. The molecule has 1 unspecified atom stereocenters. The first-order valence-corrected chi connectivity index (χ1v) is 7.94. The normalized spacial score (nSPS) is 11.4. The lowest BCUT2D eigenvalue weighted by atomic mass is 10.2. The lowest BCUT2D eigenvalue weighted by Gasteiger charge is -2.19. The van der Waals surface area contributed by atoms with Gasteiger partial charge in [-0.3, -0.25) is 4.79 Å². The van der Waals surface area contributed by atoms with Crippen LogP contribution in [0.3, 0.4) is 0 Å². The van der Waals surface area contributed by atoms with Gasteiger partial charge >= 0.3 is 5.97 Å². The molecule has 2 N–H and O–H groups in total. The first-order valence-electron chi connectivity index (χ1n) is 7.15. The van der Waals surface area contributed by atoms with E-state index in [1.54, 1.807) is 43.3 Å². The first-order chi connectivity index (χ1) is 11.1. The van der Waals surface area contributed by atoms with Crippen LogP contribution in [0.2, 0.25) is 0 Å². The highest BCUT2D eigenvalue weighted by Crippen LogP contribution is 2.15. The maximum Gasteiger partial charge on any atom is 0.349 e. The van der Waals surface area contributed by atoms with Crippen molar-refractivity contribution >= 4 is 33.5 Å². The Kier molecular flexibility index (Phi) is 6.17. The molecular formula is C17H17BrN2O3. The Morgan fingerprint density at radius 2 is 1.74 bits per heavy atom. The van der Waals surface area contributed by atoms with Crippen LogP contribution in [0.4, 0.5) is 5.69 Å². The quantitative estimate of drug-likeness (QED) is 0.600. The van der Waals surface area contributed by atoms with E-state index in [1.165, 1.54) is 0 Å². The number of carbonyl (C=O) groups excluding carboxylic acids is 2. The Morgan fingerprint density at radius 3 is 2.35 bits per heavy atom. The number of hydrogen-bond acceptors (Lipinski definition) is 4. The highest BCUT2D eigenvalue weighted by atomic mass is 79.9. The topological polar surface area (TPSA) is 67.4 Å². The summed E-state index contributed by atoms with van der Waals surface area (Å²) in [6.45, 7) is 1.95. The number of hydrogen-bond donors (Lipinski definition) is 2. The minimum absolute atomic E-state index is 0.235. The van der Waals surface area contributed by atoms with E-state index in [9.17, 15) is 9.59 Å². The van der Waals surface area contributed by atoms with Gasteiger partial charge in [-0.15, -0.1) is 0 Å². The van der Waals surface area contributed by atoms with Crippen LogP contribution in [0, 0.1) is 0 Å². The standard InChI is InChI=1S/C17H17BrN2O3/c1-2-23-17(22)15(19-14-10-8-13(18)9-11-14)20-16(21)12-6-4-3-5-7-12/h3-11,15,19H,2H2,1H3,(H,20,21). The third-order valence-corrected chi connectivity index (χ3v) is 3.52. The van der Waals surface area contributed by atoms with Crippen LogP contribution in [0.15, 0.2) is 59.1 Å². The van der Waals surface area contributed by atoms with Gasteiger partial charge < -0.3 is 15.4 Å². The van der Waals surface area contributed by atoms with Crippen LogP contribution in [0.5, 0.6) is 0 Å². The van der Waals surface area contributed by atoms with Gasteiger partial charge in [0.2, 0.25) is 0 Å². The van der Waals surface area contributed by atoms with Gasteiger partial charge in [0.1, 0.15) is 0 Å². The monoisotopic (exact) mass is 376 g/mol. The third kappa shape index (κ3) is 5.10. The third-order valence-electron chi connectivity index (χ3n) is 2.99. The second-order valence-corrected chi connectivity index (χ2v) is 5.59. The summed E-state index contributed by atoms with van der Waals surface area (Å²) in [4.78, 5) is 24.3. The number of carbonyl (C=O) groups is 2. The SMILES string of the molecule is CCOC(=O)C(NC(=O)c1ccccc1)Nc1ccc(Br)cc1. The number of rotatable bonds is 6. The van der Waals surface area contributed by atoms with Gasteiger partial charge in [0.05, 0.1) is 6.61 Å². The Balaban J connectivity index is 2.12. The van der Waals surface area contributed by atoms with Gasteiger partial charge in [0, 0.05) is 15.7 Å². The van der Waals surface area contributed by atoms with Crippen molar-refractivity contribution in [3.63, 3.8) is 0 Å². The van der Waals surface area contributed by atoms with Crippen molar-refractivity contribution in [3.8, 4) is 0 Å². The molecule has 0 fully saturated rings. The molecule has 0 heterocycles. The molecule has 0 aliphatic rings. The maximum atomic E-state index is 12.2. The Hall–Kier alpha value is -2.34. The number of amides is 1. The molecule has 0 saturated carbocycles. The zero-order valence-corrected chi connectivity index (χ0v) is 14.2. The molecule has 2 rings (SSSR count). The van der Waals surface area contributed by atoms with E-state index in [0.29, 0.717) is 11.3 Å². The van der Waals surface area contributed by atoms with Crippen LogP contribution < -0.4 is 10.6 Å². The summed E-state index contributed by atoms with van der Waals surface area (Å²) in [6, 6.07) is 16.0. The number of esters is 1. The Labute approximate surface area is 143 Å². The second-order valence-electron chi connectivity index (χ2n) is 4.68. The molecule has 2 aromatic rings. The maximum absolute atomic E-state index is 12.2. The summed E-state index contributed by atoms with van der Waals surface area (Å²) in [5, 5.41) is 5.61. The molecule has 6 heteroatoms. The molecule has 2 aromatic carbocycles. The molecule has 0 aromatic heterocycles. The molecule has 0 aliphatic carbocycles. The zero-order valence-electron chi connectivity index (χ0n) is 12.6. The minimum Gasteiger partial charge on any atom is -0.463 e. The molecule has 5 nitrogen and oxygen atoms in total. The molecular weight excluding hydrogens is 360 g/mol. The van der Waals surface area contributed by atoms with Crippen LogP contribution >= 0.6 is 15.9 Å². The van der Waals surface area contributed by atoms with Crippen LogP contribution in [-0.2, 0) is 9.53 Å². The number of nitrogens with one attached hydrogen (secondary N) is 2. The second kappa shape index (κ2) is 8.33. The molecule has 0 aliphatic heterocycles. The molecule has 120 valence electrons. The van der Waals surface area contributed by atoms with Gasteiger partial charge in [-0.25, -0.2) is 4.79 Å². The average molecular weight is 377 g/mol. The van der Waals surface area contributed by atoms with Gasteiger partial charge in [-0.1, -0.05) is 34.1 Å². The van der Waals surface area contributed by atoms with Crippen molar-refractivity contribution in [1.29, 1.82) is 0 Å². The van der Waals surface area contributed by atoms with Crippen molar-refractivity contribution in [3.05, 3.63) is 64.6 Å². The largest absolute Gasteiger partial charge is 0.463 e. The van der Waals surface area contributed by atoms with E-state index in [4.69, 9.17) is 4.74 Å². The fraction of sp³-hybridized carbons (Fsp3) is 0.176. The summed E-state index contributed by atoms with van der Waals surface area (Å²) < 4.78 is 5.93. The van der Waals surface area contributed by atoms with Gasteiger partial charge in [0.25, 0.3) is 5.91 Å². The molecule has 0 spiro atoms. The molecule has 1 atom stereocenters. The van der Waals surface area contributed by atoms with Crippen LogP contribution in [0.1, 0.15) is 17.3 Å². The molecule has 0 saturated heterocycles. The highest BCUT2D eigenvalue weighted by Gasteiger charge is 2.22. The summed E-state index contributed by atoms with van der Waals surface area (Å²) in [7, 11) is 0. The minimum atomic E-state index is -0.969. The predicted molar refractivity (Wildman–Crippen MR) is 92.1 cm³/mol. The summed E-state index contributed by atoms with van der Waals surface area (Å²) in [5.41, 5.74) is 1.17. The lowest BCUT2D eigenvalue weighted by molar-refractivity contribution is -0.144. The summed E-state index contributed by atoms with van der Waals surface area (Å²) in [6.07, 6.45) is -0.969. The van der Waals surface area contributed by atoms with E-state index in [-0.39, 0.29) is 12.5 Å².